The molecule has 0 aromatic carbocycles. The number of halogens is 1. The second-order valence-electron chi connectivity index (χ2n) is 4.92. The number of carbonyl (C=O) groups excluding carboxylic acids is 1. The van der Waals surface area contributed by atoms with Crippen molar-refractivity contribution < 1.29 is 4.79 Å². The third kappa shape index (κ3) is 2.15. The summed E-state index contributed by atoms with van der Waals surface area (Å²) in [6, 6.07) is 1.15. The third-order valence-corrected chi connectivity index (χ3v) is 4.44. The van der Waals surface area contributed by atoms with Gasteiger partial charge in [-0.25, -0.2) is 5.43 Å². The van der Waals surface area contributed by atoms with E-state index in [1.165, 1.54) is 0 Å². The van der Waals surface area contributed by atoms with Gasteiger partial charge in [0.15, 0.2) is 0 Å². The van der Waals surface area contributed by atoms with E-state index < -0.39 is 5.38 Å². The Morgan fingerprint density at radius 3 is 3.00 bits per heavy atom. The SMILES string of the molecule is O=C1NNCC(N2CCC3NCNC3C2)C1Cl. The average Bonchev–Trinajstić information content (AvgIpc) is 2.79. The number of alkyl halides is 1. The molecule has 3 heterocycles. The van der Waals surface area contributed by atoms with E-state index in [0.717, 1.165) is 26.2 Å². The van der Waals surface area contributed by atoms with E-state index in [2.05, 4.69) is 26.4 Å². The van der Waals surface area contributed by atoms with Crippen LogP contribution in [0.2, 0.25) is 0 Å². The summed E-state index contributed by atoms with van der Waals surface area (Å²) >= 11 is 6.18. The molecule has 0 spiro atoms. The van der Waals surface area contributed by atoms with Crippen molar-refractivity contribution in [1.29, 1.82) is 0 Å². The van der Waals surface area contributed by atoms with Crippen LogP contribution in [0.25, 0.3) is 0 Å². The molecule has 0 aromatic rings. The number of carbonyl (C=O) groups is 1. The van der Waals surface area contributed by atoms with Crippen LogP contribution in [0.15, 0.2) is 0 Å². The number of hydrazine groups is 1. The molecule has 7 heteroatoms. The summed E-state index contributed by atoms with van der Waals surface area (Å²) in [5.41, 5.74) is 5.48. The molecule has 0 bridgehead atoms. The van der Waals surface area contributed by atoms with Crippen LogP contribution in [0.5, 0.6) is 0 Å². The average molecular weight is 260 g/mol. The molecule has 0 saturated carbocycles. The first-order valence-electron chi connectivity index (χ1n) is 6.13. The molecule has 3 saturated heterocycles. The fourth-order valence-electron chi connectivity index (χ4n) is 2.95. The highest BCUT2D eigenvalue weighted by Gasteiger charge is 2.40. The minimum Gasteiger partial charge on any atom is -0.300 e. The zero-order chi connectivity index (χ0) is 11.8. The monoisotopic (exact) mass is 259 g/mol. The van der Waals surface area contributed by atoms with Gasteiger partial charge < -0.3 is 5.32 Å². The molecule has 0 radical (unpaired) electrons. The van der Waals surface area contributed by atoms with E-state index in [1.807, 2.05) is 0 Å². The number of amides is 1. The van der Waals surface area contributed by atoms with E-state index in [4.69, 9.17) is 11.6 Å². The molecule has 3 rings (SSSR count). The highest BCUT2D eigenvalue weighted by atomic mass is 35.5. The van der Waals surface area contributed by atoms with Gasteiger partial charge in [0.2, 0.25) is 0 Å². The Morgan fingerprint density at radius 1 is 1.29 bits per heavy atom. The predicted molar refractivity (Wildman–Crippen MR) is 64.5 cm³/mol. The van der Waals surface area contributed by atoms with Crippen molar-refractivity contribution in [2.24, 2.45) is 0 Å². The number of rotatable bonds is 1. The molecular formula is C10H18ClN5O. The molecule has 3 aliphatic heterocycles. The highest BCUT2D eigenvalue weighted by molar-refractivity contribution is 6.31. The standard InChI is InChI=1S/C10H18ClN5O/c11-9-8(3-14-15-10(9)17)16-2-1-6-7(4-16)13-5-12-6/h6-9,12-14H,1-5H2,(H,15,17). The van der Waals surface area contributed by atoms with Gasteiger partial charge in [-0.1, -0.05) is 0 Å². The Kier molecular flexibility index (Phi) is 3.23. The Hall–Kier alpha value is -0.400. The van der Waals surface area contributed by atoms with Crippen molar-refractivity contribution in [2.75, 3.05) is 26.3 Å². The van der Waals surface area contributed by atoms with Gasteiger partial charge in [-0.3, -0.25) is 20.4 Å². The Labute approximate surface area is 105 Å². The van der Waals surface area contributed by atoms with Crippen LogP contribution in [0.4, 0.5) is 0 Å². The first-order valence-corrected chi connectivity index (χ1v) is 6.57. The molecule has 17 heavy (non-hydrogen) atoms. The maximum Gasteiger partial charge on any atom is 0.253 e. The van der Waals surface area contributed by atoms with Crippen molar-refractivity contribution in [3.63, 3.8) is 0 Å². The molecule has 3 fully saturated rings. The summed E-state index contributed by atoms with van der Waals surface area (Å²) in [7, 11) is 0. The third-order valence-electron chi connectivity index (χ3n) is 3.95. The minimum absolute atomic E-state index is 0.0915. The van der Waals surface area contributed by atoms with Gasteiger partial charge in [-0.15, -0.1) is 11.6 Å². The topological polar surface area (TPSA) is 68.4 Å². The van der Waals surface area contributed by atoms with Gasteiger partial charge in [-0.2, -0.15) is 0 Å². The number of likely N-dealkylation sites (tertiary alicyclic amines) is 1. The maximum atomic E-state index is 11.5. The smallest absolute Gasteiger partial charge is 0.253 e. The maximum absolute atomic E-state index is 11.5. The van der Waals surface area contributed by atoms with Crippen molar-refractivity contribution in [2.45, 2.75) is 29.9 Å². The lowest BCUT2D eigenvalue weighted by Crippen LogP contribution is -2.65. The largest absolute Gasteiger partial charge is 0.300 e. The second-order valence-corrected chi connectivity index (χ2v) is 5.39. The molecule has 4 atom stereocenters. The van der Waals surface area contributed by atoms with Crippen LogP contribution in [0, 0.1) is 0 Å². The first-order chi connectivity index (χ1) is 8.25. The Morgan fingerprint density at radius 2 is 2.12 bits per heavy atom. The van der Waals surface area contributed by atoms with Crippen LogP contribution in [0.3, 0.4) is 0 Å². The lowest BCUT2D eigenvalue weighted by atomic mass is 9.98. The second kappa shape index (κ2) is 4.70. The first kappa shape index (κ1) is 11.7. The summed E-state index contributed by atoms with van der Waals surface area (Å²) in [6.45, 7) is 3.56. The van der Waals surface area contributed by atoms with Gasteiger partial charge in [0.1, 0.15) is 5.38 Å². The van der Waals surface area contributed by atoms with E-state index >= 15 is 0 Å². The number of fused-ring (bicyclic) bond motifs is 1. The lowest BCUT2D eigenvalue weighted by Gasteiger charge is -2.42. The highest BCUT2D eigenvalue weighted by Crippen LogP contribution is 2.20. The van der Waals surface area contributed by atoms with Gasteiger partial charge in [-0.05, 0) is 6.42 Å². The van der Waals surface area contributed by atoms with Crippen molar-refractivity contribution in [1.82, 2.24) is 26.4 Å². The number of nitrogens with one attached hydrogen (secondary N) is 4. The predicted octanol–water partition coefficient (Wildman–Crippen LogP) is -1.81. The van der Waals surface area contributed by atoms with Gasteiger partial charge in [0, 0.05) is 44.4 Å². The molecular weight excluding hydrogens is 242 g/mol. The molecule has 1 amide bonds. The summed E-state index contributed by atoms with van der Waals surface area (Å²) in [6.07, 6.45) is 1.11. The fourth-order valence-corrected chi connectivity index (χ4v) is 3.26. The number of hydrogen-bond donors (Lipinski definition) is 4. The van der Waals surface area contributed by atoms with Crippen LogP contribution in [-0.2, 0) is 4.79 Å². The molecule has 4 N–H and O–H groups in total. The summed E-state index contributed by atoms with van der Waals surface area (Å²) < 4.78 is 0. The summed E-state index contributed by atoms with van der Waals surface area (Å²) in [5, 5.41) is 6.42. The quantitative estimate of drug-likeness (QED) is 0.418. The van der Waals surface area contributed by atoms with E-state index in [9.17, 15) is 4.79 Å². The zero-order valence-corrected chi connectivity index (χ0v) is 10.3. The molecule has 4 unspecified atom stereocenters. The van der Waals surface area contributed by atoms with E-state index in [1.54, 1.807) is 0 Å². The van der Waals surface area contributed by atoms with Crippen molar-refractivity contribution >= 4 is 17.5 Å². The van der Waals surface area contributed by atoms with E-state index in [0.29, 0.717) is 18.6 Å². The lowest BCUT2D eigenvalue weighted by molar-refractivity contribution is -0.125. The number of piperidine rings is 1. The molecule has 0 aliphatic carbocycles. The molecule has 96 valence electrons. The Bertz CT molecular complexity index is 315. The molecule has 0 aromatic heterocycles. The number of nitrogens with zero attached hydrogens (tertiary/aromatic N) is 1. The normalized spacial score (nSPS) is 43.2. The summed E-state index contributed by atoms with van der Waals surface area (Å²) in [5.74, 6) is -0.123. The van der Waals surface area contributed by atoms with E-state index in [-0.39, 0.29) is 11.9 Å². The molecule has 3 aliphatic rings. The van der Waals surface area contributed by atoms with Crippen molar-refractivity contribution in [3.8, 4) is 0 Å². The minimum atomic E-state index is -0.456. The molecule has 6 nitrogen and oxygen atoms in total. The zero-order valence-electron chi connectivity index (χ0n) is 9.58. The van der Waals surface area contributed by atoms with Crippen molar-refractivity contribution in [3.05, 3.63) is 0 Å². The van der Waals surface area contributed by atoms with Gasteiger partial charge in [0.25, 0.3) is 5.91 Å². The fraction of sp³-hybridized carbons (Fsp3) is 0.900. The number of hydrogen-bond acceptors (Lipinski definition) is 5. The van der Waals surface area contributed by atoms with Crippen LogP contribution in [-0.4, -0.2) is 60.6 Å². The summed E-state index contributed by atoms with van der Waals surface area (Å²) in [4.78, 5) is 13.8. The van der Waals surface area contributed by atoms with Gasteiger partial charge >= 0.3 is 0 Å². The van der Waals surface area contributed by atoms with Crippen LogP contribution in [0.1, 0.15) is 6.42 Å². The van der Waals surface area contributed by atoms with Gasteiger partial charge in [0.05, 0.1) is 0 Å². The van der Waals surface area contributed by atoms with Crippen LogP contribution >= 0.6 is 11.6 Å². The van der Waals surface area contributed by atoms with Crippen LogP contribution < -0.4 is 21.5 Å². The Balaban J connectivity index is 1.66.